The lowest BCUT2D eigenvalue weighted by molar-refractivity contribution is 0.324. The quantitative estimate of drug-likeness (QED) is 0.493. The van der Waals surface area contributed by atoms with Crippen molar-refractivity contribution in [1.29, 1.82) is 0 Å². The lowest BCUT2D eigenvalue weighted by Gasteiger charge is -2.13. The van der Waals surface area contributed by atoms with E-state index in [2.05, 4.69) is 15.3 Å². The minimum absolute atomic E-state index is 0.344. The van der Waals surface area contributed by atoms with E-state index in [1.165, 1.54) is 4.68 Å². The zero-order valence-corrected chi connectivity index (χ0v) is 16.5. The summed E-state index contributed by atoms with van der Waals surface area (Å²) in [4.78, 5) is 0. The summed E-state index contributed by atoms with van der Waals surface area (Å²) in [6.07, 6.45) is 1.65. The minimum atomic E-state index is 0.344. The molecule has 27 heavy (non-hydrogen) atoms. The highest BCUT2D eigenvalue weighted by Gasteiger charge is 2.17. The highest BCUT2D eigenvalue weighted by molar-refractivity contribution is 7.71. The summed E-state index contributed by atoms with van der Waals surface area (Å²) in [5.74, 6) is 2.00. The summed E-state index contributed by atoms with van der Waals surface area (Å²) in [5, 5.41) is 12.1. The average Bonchev–Trinajstić information content (AvgIpc) is 3.05. The highest BCUT2D eigenvalue weighted by atomic mass is 35.5. The molecule has 3 aromatic rings. The van der Waals surface area contributed by atoms with E-state index in [1.54, 1.807) is 51.8 Å². The van der Waals surface area contributed by atoms with Crippen molar-refractivity contribution < 1.29 is 14.2 Å². The van der Waals surface area contributed by atoms with Gasteiger partial charge in [0.05, 0.1) is 27.5 Å². The molecule has 0 atom stereocenters. The van der Waals surface area contributed by atoms with Crippen molar-refractivity contribution in [3.8, 4) is 28.6 Å². The van der Waals surface area contributed by atoms with Crippen molar-refractivity contribution in [2.75, 3.05) is 21.3 Å². The zero-order chi connectivity index (χ0) is 19.4. The SMILES string of the molecule is COc1cc(-c2n[nH]c(=S)n2N=Cc2cccc(Cl)c2)cc(OC)c1OC. The molecule has 0 spiro atoms. The van der Waals surface area contributed by atoms with E-state index in [-0.39, 0.29) is 0 Å². The first-order valence-electron chi connectivity index (χ1n) is 7.85. The van der Waals surface area contributed by atoms with Gasteiger partial charge < -0.3 is 14.2 Å². The van der Waals surface area contributed by atoms with Crippen molar-refractivity contribution in [2.45, 2.75) is 0 Å². The summed E-state index contributed by atoms with van der Waals surface area (Å²) in [7, 11) is 4.65. The van der Waals surface area contributed by atoms with Crippen LogP contribution in [-0.2, 0) is 0 Å². The van der Waals surface area contributed by atoms with Crippen molar-refractivity contribution in [3.63, 3.8) is 0 Å². The van der Waals surface area contributed by atoms with Crippen LogP contribution in [-0.4, -0.2) is 42.4 Å². The number of methoxy groups -OCH3 is 3. The molecule has 0 unspecified atom stereocenters. The Balaban J connectivity index is 2.08. The minimum Gasteiger partial charge on any atom is -0.493 e. The second-order valence-corrected chi connectivity index (χ2v) is 6.20. The largest absolute Gasteiger partial charge is 0.493 e. The van der Waals surface area contributed by atoms with Gasteiger partial charge in [-0.3, -0.25) is 0 Å². The predicted molar refractivity (Wildman–Crippen MR) is 107 cm³/mol. The van der Waals surface area contributed by atoms with Crippen LogP contribution in [0.5, 0.6) is 17.2 Å². The van der Waals surface area contributed by atoms with Gasteiger partial charge in [0.2, 0.25) is 10.5 Å². The topological polar surface area (TPSA) is 73.7 Å². The molecule has 0 saturated carbocycles. The average molecular weight is 405 g/mol. The number of benzene rings is 2. The van der Waals surface area contributed by atoms with Crippen LogP contribution < -0.4 is 14.2 Å². The summed E-state index contributed by atoms with van der Waals surface area (Å²) < 4.78 is 18.0. The number of rotatable bonds is 6. The van der Waals surface area contributed by atoms with E-state index in [1.807, 2.05) is 12.1 Å². The molecular formula is C18H17ClN4O3S. The third-order valence-corrected chi connectivity index (χ3v) is 4.24. The normalized spacial score (nSPS) is 11.0. The van der Waals surface area contributed by atoms with Gasteiger partial charge in [0.1, 0.15) is 0 Å². The summed E-state index contributed by atoms with van der Waals surface area (Å²) in [5.41, 5.74) is 1.53. The molecule has 0 aliphatic carbocycles. The molecule has 2 aromatic carbocycles. The standard InChI is InChI=1S/C18H17ClN4O3S/c1-24-14-8-12(9-15(25-2)16(14)26-3)17-21-22-18(27)23(17)20-10-11-5-4-6-13(19)7-11/h4-10H,1-3H3,(H,22,27). The Hall–Kier alpha value is -2.84. The number of aromatic nitrogens is 3. The van der Waals surface area contributed by atoms with Gasteiger partial charge in [0, 0.05) is 10.6 Å². The third kappa shape index (κ3) is 3.96. The van der Waals surface area contributed by atoms with Gasteiger partial charge in [-0.05, 0) is 42.0 Å². The molecule has 0 aliphatic rings. The van der Waals surface area contributed by atoms with E-state index in [0.717, 1.165) is 5.56 Å². The molecule has 0 aliphatic heterocycles. The van der Waals surface area contributed by atoms with Crippen molar-refractivity contribution in [3.05, 3.63) is 51.8 Å². The first-order valence-corrected chi connectivity index (χ1v) is 8.63. The van der Waals surface area contributed by atoms with Crippen LogP contribution in [0, 0.1) is 4.77 Å². The van der Waals surface area contributed by atoms with Crippen molar-refractivity contribution in [2.24, 2.45) is 5.10 Å². The van der Waals surface area contributed by atoms with Crippen molar-refractivity contribution in [1.82, 2.24) is 14.9 Å². The molecule has 140 valence electrons. The zero-order valence-electron chi connectivity index (χ0n) is 14.9. The molecule has 0 bridgehead atoms. The number of nitrogens with one attached hydrogen (secondary N) is 1. The van der Waals surface area contributed by atoms with Crippen LogP contribution in [0.3, 0.4) is 0 Å². The number of hydrogen-bond acceptors (Lipinski definition) is 6. The van der Waals surface area contributed by atoms with Gasteiger partial charge in [-0.15, -0.1) is 0 Å². The van der Waals surface area contributed by atoms with Gasteiger partial charge in [-0.2, -0.15) is 14.9 Å². The second kappa shape index (κ2) is 8.24. The van der Waals surface area contributed by atoms with E-state index >= 15 is 0 Å². The number of H-pyrrole nitrogens is 1. The maximum atomic E-state index is 6.01. The van der Waals surface area contributed by atoms with Crippen LogP contribution >= 0.6 is 23.8 Å². The van der Waals surface area contributed by atoms with Gasteiger partial charge in [0.15, 0.2) is 17.3 Å². The molecule has 0 amide bonds. The monoisotopic (exact) mass is 404 g/mol. The molecule has 7 nitrogen and oxygen atoms in total. The Labute approximate surface area is 166 Å². The Bertz CT molecular complexity index is 1020. The molecule has 1 aromatic heterocycles. The molecule has 1 heterocycles. The first-order chi connectivity index (χ1) is 13.1. The maximum absolute atomic E-state index is 6.01. The van der Waals surface area contributed by atoms with Gasteiger partial charge in [0.25, 0.3) is 0 Å². The van der Waals surface area contributed by atoms with Crippen LogP contribution in [0.15, 0.2) is 41.5 Å². The molecular weight excluding hydrogens is 388 g/mol. The Kier molecular flexibility index (Phi) is 5.78. The fraction of sp³-hybridized carbons (Fsp3) is 0.167. The Morgan fingerprint density at radius 3 is 2.41 bits per heavy atom. The van der Waals surface area contributed by atoms with Crippen LogP contribution in [0.2, 0.25) is 5.02 Å². The molecule has 3 rings (SSSR count). The number of aromatic amines is 1. The van der Waals surface area contributed by atoms with Crippen LogP contribution in [0.25, 0.3) is 11.4 Å². The molecule has 0 saturated heterocycles. The van der Waals surface area contributed by atoms with Gasteiger partial charge >= 0.3 is 0 Å². The fourth-order valence-electron chi connectivity index (χ4n) is 2.51. The van der Waals surface area contributed by atoms with Gasteiger partial charge in [-0.1, -0.05) is 23.7 Å². The number of hydrogen-bond donors (Lipinski definition) is 1. The molecule has 9 heteroatoms. The maximum Gasteiger partial charge on any atom is 0.216 e. The third-order valence-electron chi connectivity index (χ3n) is 3.74. The predicted octanol–water partition coefficient (Wildman–Crippen LogP) is 4.17. The van der Waals surface area contributed by atoms with E-state index in [9.17, 15) is 0 Å². The van der Waals surface area contributed by atoms with Crippen LogP contribution in [0.1, 0.15) is 5.56 Å². The molecule has 0 radical (unpaired) electrons. The lowest BCUT2D eigenvalue weighted by Crippen LogP contribution is -1.99. The van der Waals surface area contributed by atoms with E-state index in [4.69, 9.17) is 38.0 Å². The number of nitrogens with zero attached hydrogens (tertiary/aromatic N) is 3. The fourth-order valence-corrected chi connectivity index (χ4v) is 2.89. The summed E-state index contributed by atoms with van der Waals surface area (Å²) in [6.45, 7) is 0. The second-order valence-electron chi connectivity index (χ2n) is 5.38. The van der Waals surface area contributed by atoms with Crippen LogP contribution in [0.4, 0.5) is 0 Å². The van der Waals surface area contributed by atoms with Gasteiger partial charge in [-0.25, -0.2) is 5.10 Å². The van der Waals surface area contributed by atoms with E-state index < -0.39 is 0 Å². The Morgan fingerprint density at radius 2 is 1.81 bits per heavy atom. The summed E-state index contributed by atoms with van der Waals surface area (Å²) in [6, 6.07) is 10.9. The summed E-state index contributed by atoms with van der Waals surface area (Å²) >= 11 is 11.3. The number of ether oxygens (including phenoxy) is 3. The molecule has 0 fully saturated rings. The molecule has 1 N–H and O–H groups in total. The highest BCUT2D eigenvalue weighted by Crippen LogP contribution is 2.40. The van der Waals surface area contributed by atoms with Crippen molar-refractivity contribution >= 4 is 30.0 Å². The smallest absolute Gasteiger partial charge is 0.216 e. The Morgan fingerprint density at radius 1 is 1.11 bits per heavy atom. The first kappa shape index (κ1) is 18.9. The van der Waals surface area contributed by atoms with E-state index in [0.29, 0.717) is 38.4 Å². The number of halogens is 1. The lowest BCUT2D eigenvalue weighted by atomic mass is 10.1.